The van der Waals surface area contributed by atoms with Gasteiger partial charge in [0.15, 0.2) is 6.61 Å². The topological polar surface area (TPSA) is 61.9 Å². The first kappa shape index (κ1) is 25.1. The van der Waals surface area contributed by atoms with E-state index in [1.54, 1.807) is 24.3 Å². The van der Waals surface area contributed by atoms with Crippen LogP contribution in [0.1, 0.15) is 55.7 Å². The van der Waals surface area contributed by atoms with Gasteiger partial charge < -0.3 is 15.0 Å². The van der Waals surface area contributed by atoms with Crippen LogP contribution >= 0.6 is 11.6 Å². The largest absolute Gasteiger partial charge is 0.484 e. The molecule has 1 heterocycles. The van der Waals surface area contributed by atoms with Crippen molar-refractivity contribution >= 4 is 23.4 Å². The third-order valence-electron chi connectivity index (χ3n) is 8.04. The number of hydrogen-bond acceptors (Lipinski definition) is 4. The third-order valence-corrected chi connectivity index (χ3v) is 8.29. The predicted octanol–water partition coefficient (Wildman–Crippen LogP) is 4.62. The molecule has 0 unspecified atom stereocenters. The number of benzene rings is 2. The molecule has 1 N–H and O–H groups in total. The van der Waals surface area contributed by atoms with E-state index in [9.17, 15) is 9.59 Å². The SMILES string of the molecule is O=C(N[C@H]1CCCc2ccccc21)[C@H](C1CCCC1)N1CCN(C(=O)COc2ccc(Cl)cc2)CC1. The molecular formula is C29H36ClN3O3. The molecule has 2 aromatic rings. The lowest BCUT2D eigenvalue weighted by Crippen LogP contribution is -2.58. The highest BCUT2D eigenvalue weighted by Crippen LogP contribution is 2.33. The molecule has 36 heavy (non-hydrogen) atoms. The van der Waals surface area contributed by atoms with Gasteiger partial charge >= 0.3 is 0 Å². The van der Waals surface area contributed by atoms with Crippen LogP contribution in [0.3, 0.4) is 0 Å². The number of carbonyl (C=O) groups is 2. The highest BCUT2D eigenvalue weighted by atomic mass is 35.5. The second kappa shape index (κ2) is 11.7. The molecule has 192 valence electrons. The van der Waals surface area contributed by atoms with E-state index < -0.39 is 0 Å². The second-order valence-corrected chi connectivity index (χ2v) is 10.7. The first-order valence-electron chi connectivity index (χ1n) is 13.4. The number of rotatable bonds is 7. The summed E-state index contributed by atoms with van der Waals surface area (Å²) in [6.45, 7) is 2.66. The zero-order valence-electron chi connectivity index (χ0n) is 20.8. The summed E-state index contributed by atoms with van der Waals surface area (Å²) in [6, 6.07) is 15.5. The molecular weight excluding hydrogens is 474 g/mol. The maximum Gasteiger partial charge on any atom is 0.260 e. The van der Waals surface area contributed by atoms with Gasteiger partial charge in [-0.15, -0.1) is 0 Å². The molecule has 2 atom stereocenters. The first-order valence-corrected chi connectivity index (χ1v) is 13.7. The Labute approximate surface area is 218 Å². The molecule has 0 aromatic heterocycles. The maximum atomic E-state index is 13.7. The number of halogens is 1. The van der Waals surface area contributed by atoms with Crippen molar-refractivity contribution < 1.29 is 14.3 Å². The third kappa shape index (κ3) is 5.87. The van der Waals surface area contributed by atoms with Crippen LogP contribution in [0.25, 0.3) is 0 Å². The number of aryl methyl sites for hydroxylation is 1. The Morgan fingerprint density at radius 2 is 1.67 bits per heavy atom. The number of piperazine rings is 1. The minimum Gasteiger partial charge on any atom is -0.484 e. The van der Waals surface area contributed by atoms with Gasteiger partial charge in [0.1, 0.15) is 5.75 Å². The molecule has 1 aliphatic heterocycles. The Kier molecular flexibility index (Phi) is 8.12. The summed E-state index contributed by atoms with van der Waals surface area (Å²) in [5.41, 5.74) is 2.64. The van der Waals surface area contributed by atoms with Crippen LogP contribution in [-0.2, 0) is 16.0 Å². The minimum absolute atomic E-state index is 0.00919. The Hall–Kier alpha value is -2.57. The lowest BCUT2D eigenvalue weighted by molar-refractivity contribution is -0.137. The van der Waals surface area contributed by atoms with E-state index in [1.165, 1.54) is 24.0 Å². The molecule has 1 saturated carbocycles. The summed E-state index contributed by atoms with van der Waals surface area (Å²) < 4.78 is 5.66. The Morgan fingerprint density at radius 1 is 0.944 bits per heavy atom. The van der Waals surface area contributed by atoms with E-state index >= 15 is 0 Å². The van der Waals surface area contributed by atoms with Gasteiger partial charge in [0.25, 0.3) is 5.91 Å². The van der Waals surface area contributed by atoms with E-state index in [0.29, 0.717) is 42.9 Å². The summed E-state index contributed by atoms with van der Waals surface area (Å²) >= 11 is 5.92. The van der Waals surface area contributed by atoms with Crippen molar-refractivity contribution in [3.8, 4) is 5.75 Å². The molecule has 2 aromatic carbocycles. The first-order chi connectivity index (χ1) is 17.6. The molecule has 0 bridgehead atoms. The second-order valence-electron chi connectivity index (χ2n) is 10.3. The summed E-state index contributed by atoms with van der Waals surface area (Å²) in [5, 5.41) is 4.07. The molecule has 2 amide bonds. The van der Waals surface area contributed by atoms with Gasteiger partial charge in [-0.1, -0.05) is 48.7 Å². The fourth-order valence-corrected chi connectivity index (χ4v) is 6.25. The van der Waals surface area contributed by atoms with Gasteiger partial charge in [0.2, 0.25) is 5.91 Å². The van der Waals surface area contributed by atoms with E-state index in [-0.39, 0.29) is 30.5 Å². The minimum atomic E-state index is -0.121. The molecule has 3 aliphatic rings. The van der Waals surface area contributed by atoms with Gasteiger partial charge in [-0.2, -0.15) is 0 Å². The normalized spacial score (nSPS) is 21.6. The standard InChI is InChI=1S/C29H36ClN3O3/c30-23-12-14-24(15-13-23)36-20-27(34)32-16-18-33(19-17-32)28(22-7-1-2-8-22)29(35)31-26-11-5-9-21-6-3-4-10-25(21)26/h3-4,6,10,12-15,22,26,28H,1-2,5,7-9,11,16-20H2,(H,31,35)/t26-,28-/m0/s1. The molecule has 0 radical (unpaired) electrons. The van der Waals surface area contributed by atoms with Gasteiger partial charge in [-0.3, -0.25) is 14.5 Å². The summed E-state index contributed by atoms with van der Waals surface area (Å²) in [4.78, 5) is 30.7. The number of nitrogens with one attached hydrogen (secondary N) is 1. The summed E-state index contributed by atoms with van der Waals surface area (Å²) in [5.74, 6) is 1.16. The summed E-state index contributed by atoms with van der Waals surface area (Å²) in [7, 11) is 0. The van der Waals surface area contributed by atoms with Gasteiger partial charge in [0.05, 0.1) is 12.1 Å². The molecule has 1 saturated heterocycles. The number of nitrogens with zero attached hydrogens (tertiary/aromatic N) is 2. The van der Waals surface area contributed by atoms with Crippen LogP contribution < -0.4 is 10.1 Å². The fraction of sp³-hybridized carbons (Fsp3) is 0.517. The molecule has 2 aliphatic carbocycles. The average molecular weight is 510 g/mol. The van der Waals surface area contributed by atoms with Gasteiger partial charge in [0, 0.05) is 31.2 Å². The molecule has 0 spiro atoms. The van der Waals surface area contributed by atoms with Crippen molar-refractivity contribution in [1.82, 2.24) is 15.1 Å². The van der Waals surface area contributed by atoms with Crippen molar-refractivity contribution in [1.29, 1.82) is 0 Å². The van der Waals surface area contributed by atoms with Crippen molar-refractivity contribution in [2.24, 2.45) is 5.92 Å². The van der Waals surface area contributed by atoms with Gasteiger partial charge in [-0.25, -0.2) is 0 Å². The number of hydrogen-bond donors (Lipinski definition) is 1. The van der Waals surface area contributed by atoms with Gasteiger partial charge in [-0.05, 0) is 73.4 Å². The van der Waals surface area contributed by atoms with Crippen LogP contribution in [0.5, 0.6) is 5.75 Å². The predicted molar refractivity (Wildman–Crippen MR) is 141 cm³/mol. The number of amides is 2. The fourth-order valence-electron chi connectivity index (χ4n) is 6.13. The lowest BCUT2D eigenvalue weighted by atomic mass is 9.87. The number of ether oxygens (including phenoxy) is 1. The Balaban J connectivity index is 1.19. The zero-order valence-corrected chi connectivity index (χ0v) is 21.6. The highest BCUT2D eigenvalue weighted by Gasteiger charge is 2.38. The van der Waals surface area contributed by atoms with Crippen LogP contribution in [0.15, 0.2) is 48.5 Å². The van der Waals surface area contributed by atoms with Crippen molar-refractivity contribution in [2.45, 2.75) is 57.0 Å². The molecule has 2 fully saturated rings. The van der Waals surface area contributed by atoms with E-state index in [4.69, 9.17) is 16.3 Å². The van der Waals surface area contributed by atoms with Crippen molar-refractivity contribution in [3.05, 3.63) is 64.7 Å². The van der Waals surface area contributed by atoms with Crippen molar-refractivity contribution in [2.75, 3.05) is 32.8 Å². The maximum absolute atomic E-state index is 13.7. The van der Waals surface area contributed by atoms with E-state index in [2.05, 4.69) is 34.5 Å². The van der Waals surface area contributed by atoms with Crippen LogP contribution in [0.2, 0.25) is 5.02 Å². The Morgan fingerprint density at radius 3 is 2.42 bits per heavy atom. The highest BCUT2D eigenvalue weighted by molar-refractivity contribution is 6.30. The van der Waals surface area contributed by atoms with Crippen molar-refractivity contribution in [3.63, 3.8) is 0 Å². The monoisotopic (exact) mass is 509 g/mol. The van der Waals surface area contributed by atoms with Crippen LogP contribution in [0, 0.1) is 5.92 Å². The summed E-state index contributed by atoms with van der Waals surface area (Å²) in [6.07, 6.45) is 7.79. The van der Waals surface area contributed by atoms with E-state index in [1.807, 2.05) is 4.90 Å². The lowest BCUT2D eigenvalue weighted by Gasteiger charge is -2.41. The van der Waals surface area contributed by atoms with Crippen LogP contribution in [0.4, 0.5) is 0 Å². The number of fused-ring (bicyclic) bond motifs is 1. The van der Waals surface area contributed by atoms with Crippen LogP contribution in [-0.4, -0.2) is 60.4 Å². The quantitative estimate of drug-likeness (QED) is 0.592. The van der Waals surface area contributed by atoms with E-state index in [0.717, 1.165) is 32.1 Å². The molecule has 7 heteroatoms. The molecule has 5 rings (SSSR count). The molecule has 6 nitrogen and oxygen atoms in total. The number of carbonyl (C=O) groups excluding carboxylic acids is 2. The average Bonchev–Trinajstić information content (AvgIpc) is 3.43. The Bertz CT molecular complexity index is 1050. The smallest absolute Gasteiger partial charge is 0.260 e. The zero-order chi connectivity index (χ0) is 24.9.